The third kappa shape index (κ3) is 5.84. The van der Waals surface area contributed by atoms with E-state index in [0.717, 1.165) is 5.56 Å². The first-order valence-electron chi connectivity index (χ1n) is 10.2. The lowest BCUT2D eigenvalue weighted by Gasteiger charge is -2.25. The van der Waals surface area contributed by atoms with Gasteiger partial charge < -0.3 is 20.9 Å². The number of primary amides is 1. The summed E-state index contributed by atoms with van der Waals surface area (Å²) in [4.78, 5) is 49.6. The minimum atomic E-state index is -1.06. The van der Waals surface area contributed by atoms with E-state index in [9.17, 15) is 19.2 Å². The van der Waals surface area contributed by atoms with Gasteiger partial charge in [-0.15, -0.1) is 0 Å². The molecule has 0 aromatic heterocycles. The second kappa shape index (κ2) is 10.4. The molecule has 1 aliphatic heterocycles. The third-order valence-electron chi connectivity index (χ3n) is 5.30. The van der Waals surface area contributed by atoms with Crippen LogP contribution in [0.3, 0.4) is 0 Å². The number of amides is 3. The molecule has 1 heterocycles. The number of carbonyl (C=O) groups excluding carboxylic acids is 3. The van der Waals surface area contributed by atoms with E-state index < -0.39 is 36.0 Å². The molecule has 2 atom stereocenters. The van der Waals surface area contributed by atoms with Gasteiger partial charge in [-0.2, -0.15) is 0 Å². The maximum atomic E-state index is 12.8. The van der Waals surface area contributed by atoms with Gasteiger partial charge in [0, 0.05) is 13.0 Å². The van der Waals surface area contributed by atoms with E-state index in [4.69, 9.17) is 15.6 Å². The number of carbonyl (C=O) groups is 4. The number of nitrogens with zero attached hydrogens (tertiary/aromatic N) is 1. The number of hydrogen-bond acceptors (Lipinski definition) is 5. The fraction of sp³-hybridized carbons (Fsp3) is 0.304. The van der Waals surface area contributed by atoms with Gasteiger partial charge in [0.1, 0.15) is 18.7 Å². The summed E-state index contributed by atoms with van der Waals surface area (Å²) < 4.78 is 5.34. The van der Waals surface area contributed by atoms with E-state index in [1.54, 1.807) is 12.1 Å². The molecule has 1 aliphatic rings. The highest BCUT2D eigenvalue weighted by molar-refractivity contribution is 5.91. The summed E-state index contributed by atoms with van der Waals surface area (Å²) in [7, 11) is 0. The van der Waals surface area contributed by atoms with E-state index in [1.165, 1.54) is 17.0 Å². The van der Waals surface area contributed by atoms with Crippen molar-refractivity contribution in [2.45, 2.75) is 38.0 Å². The smallest absolute Gasteiger partial charge is 0.410 e. The maximum Gasteiger partial charge on any atom is 0.410 e. The van der Waals surface area contributed by atoms with Crippen molar-refractivity contribution in [3.05, 3.63) is 71.3 Å². The average Bonchev–Trinajstić information content (AvgIpc) is 3.28. The Kier molecular flexibility index (Phi) is 7.43. The fourth-order valence-corrected chi connectivity index (χ4v) is 3.57. The number of likely N-dealkylation sites (tertiary alicyclic amines) is 1. The van der Waals surface area contributed by atoms with Crippen molar-refractivity contribution in [3.8, 4) is 0 Å². The van der Waals surface area contributed by atoms with Crippen molar-refractivity contribution in [2.75, 3.05) is 6.54 Å². The third-order valence-corrected chi connectivity index (χ3v) is 5.30. The lowest BCUT2D eigenvalue weighted by molar-refractivity contribution is -0.130. The number of rotatable bonds is 8. The van der Waals surface area contributed by atoms with Gasteiger partial charge in [0.15, 0.2) is 0 Å². The van der Waals surface area contributed by atoms with Crippen LogP contribution in [0.5, 0.6) is 0 Å². The monoisotopic (exact) mass is 439 g/mol. The van der Waals surface area contributed by atoms with E-state index in [-0.39, 0.29) is 18.6 Å². The van der Waals surface area contributed by atoms with Crippen LogP contribution in [0.4, 0.5) is 4.79 Å². The summed E-state index contributed by atoms with van der Waals surface area (Å²) >= 11 is 0. The van der Waals surface area contributed by atoms with Crippen molar-refractivity contribution in [2.24, 2.45) is 5.73 Å². The Hall–Kier alpha value is -3.88. The molecule has 4 N–H and O–H groups in total. The van der Waals surface area contributed by atoms with E-state index >= 15 is 0 Å². The average molecular weight is 439 g/mol. The molecule has 2 aromatic carbocycles. The number of nitrogens with one attached hydrogen (secondary N) is 1. The summed E-state index contributed by atoms with van der Waals surface area (Å²) in [6, 6.07) is 13.4. The normalized spacial score (nSPS) is 16.2. The summed E-state index contributed by atoms with van der Waals surface area (Å²) in [5, 5.41) is 11.6. The van der Waals surface area contributed by atoms with E-state index in [2.05, 4.69) is 5.32 Å². The lowest BCUT2D eigenvalue weighted by Crippen LogP contribution is -2.53. The number of carboxylic acid groups (broad SMARTS) is 1. The Labute approximate surface area is 185 Å². The number of nitrogens with two attached hydrogens (primary N) is 1. The van der Waals surface area contributed by atoms with E-state index in [1.807, 2.05) is 30.3 Å². The van der Waals surface area contributed by atoms with Gasteiger partial charge in [-0.3, -0.25) is 14.5 Å². The maximum absolute atomic E-state index is 12.8. The first-order chi connectivity index (χ1) is 15.3. The SMILES string of the molecule is NC(=O)[C@@H](Cc1ccc(C(=O)O)cc1)NC(=O)[C@H]1CCCN1C(=O)OCc1ccccc1. The molecule has 9 nitrogen and oxygen atoms in total. The Bertz CT molecular complexity index is 977. The van der Waals surface area contributed by atoms with Crippen LogP contribution in [0.25, 0.3) is 0 Å². The molecule has 0 saturated carbocycles. The van der Waals surface area contributed by atoms with Gasteiger partial charge in [-0.25, -0.2) is 9.59 Å². The molecule has 2 aromatic rings. The number of carboxylic acids is 1. The highest BCUT2D eigenvalue weighted by Crippen LogP contribution is 2.19. The molecule has 3 rings (SSSR count). The van der Waals surface area contributed by atoms with Crippen LogP contribution in [0.15, 0.2) is 54.6 Å². The first kappa shape index (κ1) is 22.8. The van der Waals surface area contributed by atoms with Gasteiger partial charge in [-0.1, -0.05) is 42.5 Å². The van der Waals surface area contributed by atoms with Crippen molar-refractivity contribution in [3.63, 3.8) is 0 Å². The zero-order chi connectivity index (χ0) is 23.1. The van der Waals surface area contributed by atoms with Gasteiger partial charge in [-0.05, 0) is 36.1 Å². The Morgan fingerprint density at radius 2 is 1.75 bits per heavy atom. The zero-order valence-electron chi connectivity index (χ0n) is 17.4. The summed E-state index contributed by atoms with van der Waals surface area (Å²) in [5.41, 5.74) is 7.06. The van der Waals surface area contributed by atoms with Crippen LogP contribution >= 0.6 is 0 Å². The van der Waals surface area contributed by atoms with Crippen molar-refractivity contribution in [1.29, 1.82) is 0 Å². The molecule has 1 saturated heterocycles. The second-order valence-electron chi connectivity index (χ2n) is 7.56. The topological polar surface area (TPSA) is 139 Å². The molecule has 168 valence electrons. The van der Waals surface area contributed by atoms with Crippen LogP contribution in [0, 0.1) is 0 Å². The predicted molar refractivity (Wildman–Crippen MR) is 115 cm³/mol. The Balaban J connectivity index is 1.60. The molecule has 0 spiro atoms. The fourth-order valence-electron chi connectivity index (χ4n) is 3.57. The quantitative estimate of drug-likeness (QED) is 0.572. The summed E-state index contributed by atoms with van der Waals surface area (Å²) in [5.74, 6) is -2.27. The predicted octanol–water partition coefficient (Wildman–Crippen LogP) is 1.70. The van der Waals surface area contributed by atoms with Gasteiger partial charge in [0.25, 0.3) is 0 Å². The van der Waals surface area contributed by atoms with Crippen molar-refractivity contribution < 1.29 is 29.0 Å². The van der Waals surface area contributed by atoms with Gasteiger partial charge in [0.05, 0.1) is 5.56 Å². The van der Waals surface area contributed by atoms with Crippen LogP contribution in [0.2, 0.25) is 0 Å². The van der Waals surface area contributed by atoms with Gasteiger partial charge >= 0.3 is 12.1 Å². The number of aromatic carboxylic acids is 1. The highest BCUT2D eigenvalue weighted by Gasteiger charge is 2.36. The number of benzene rings is 2. The Morgan fingerprint density at radius 3 is 2.38 bits per heavy atom. The Morgan fingerprint density at radius 1 is 1.06 bits per heavy atom. The zero-order valence-corrected chi connectivity index (χ0v) is 17.4. The minimum absolute atomic E-state index is 0.0980. The van der Waals surface area contributed by atoms with E-state index in [0.29, 0.717) is 24.9 Å². The molecule has 0 bridgehead atoms. The highest BCUT2D eigenvalue weighted by atomic mass is 16.6. The molecule has 0 radical (unpaired) electrons. The molecule has 0 unspecified atom stereocenters. The molecule has 9 heteroatoms. The van der Waals surface area contributed by atoms with Gasteiger partial charge in [0.2, 0.25) is 11.8 Å². The van der Waals surface area contributed by atoms with Crippen LogP contribution in [0.1, 0.15) is 34.3 Å². The molecule has 3 amide bonds. The summed E-state index contributed by atoms with van der Waals surface area (Å²) in [6.45, 7) is 0.477. The standard InChI is InChI=1S/C23H25N3O6/c24-20(27)18(13-15-8-10-17(11-9-15)22(29)30)25-21(28)19-7-4-12-26(19)23(31)32-14-16-5-2-1-3-6-16/h1-3,5-6,8-11,18-19H,4,7,12-14H2,(H2,24,27)(H,25,28)(H,29,30)/t18-,19-/m1/s1. The van der Waals surface area contributed by atoms with Crippen molar-refractivity contribution in [1.82, 2.24) is 10.2 Å². The minimum Gasteiger partial charge on any atom is -0.478 e. The van der Waals surface area contributed by atoms with Crippen LogP contribution in [-0.2, 0) is 27.4 Å². The van der Waals surface area contributed by atoms with Crippen molar-refractivity contribution >= 4 is 23.9 Å². The van der Waals surface area contributed by atoms with Crippen LogP contribution < -0.4 is 11.1 Å². The molecule has 0 aliphatic carbocycles. The van der Waals surface area contributed by atoms with Crippen LogP contribution in [-0.4, -0.2) is 52.5 Å². The first-order valence-corrected chi connectivity index (χ1v) is 10.2. The number of hydrogen-bond donors (Lipinski definition) is 3. The lowest BCUT2D eigenvalue weighted by atomic mass is 10.0. The molecular weight excluding hydrogens is 414 g/mol. The molecular formula is C23H25N3O6. The summed E-state index contributed by atoms with van der Waals surface area (Å²) in [6.07, 6.45) is 0.597. The molecule has 1 fully saturated rings. The largest absolute Gasteiger partial charge is 0.478 e. The second-order valence-corrected chi connectivity index (χ2v) is 7.56. The number of ether oxygens (including phenoxy) is 1. The molecule has 32 heavy (non-hydrogen) atoms.